The lowest BCUT2D eigenvalue weighted by atomic mass is 10.1. The quantitative estimate of drug-likeness (QED) is 0.868. The summed E-state index contributed by atoms with van der Waals surface area (Å²) in [6, 6.07) is 7.49. The summed E-state index contributed by atoms with van der Waals surface area (Å²) in [7, 11) is 1.78. The third-order valence-electron chi connectivity index (χ3n) is 3.95. The number of methoxy groups -OCH3 is 1. The van der Waals surface area contributed by atoms with Gasteiger partial charge in [0.05, 0.1) is 6.61 Å². The first-order chi connectivity index (χ1) is 8.88. The van der Waals surface area contributed by atoms with E-state index >= 15 is 0 Å². The Morgan fingerprint density at radius 2 is 2.21 bits per heavy atom. The van der Waals surface area contributed by atoms with E-state index in [0.717, 1.165) is 32.3 Å². The van der Waals surface area contributed by atoms with Crippen LogP contribution in [-0.4, -0.2) is 37.7 Å². The standard InChI is InChI=1S/C15H22N2O.ClH/c1-18-10-9-17(14-5-6-14)11-13-4-2-3-12-7-8-16-15(12)13;/h2-4,14,16H,5-11H2,1H3;1H. The summed E-state index contributed by atoms with van der Waals surface area (Å²) < 4.78 is 5.22. The van der Waals surface area contributed by atoms with Crippen LogP contribution in [0.15, 0.2) is 18.2 Å². The molecule has 19 heavy (non-hydrogen) atoms. The van der Waals surface area contributed by atoms with Crippen molar-refractivity contribution in [3.05, 3.63) is 29.3 Å². The van der Waals surface area contributed by atoms with Gasteiger partial charge >= 0.3 is 0 Å². The first-order valence-electron chi connectivity index (χ1n) is 6.96. The van der Waals surface area contributed by atoms with Gasteiger partial charge in [-0.25, -0.2) is 0 Å². The van der Waals surface area contributed by atoms with Crippen molar-refractivity contribution in [2.45, 2.75) is 31.8 Å². The van der Waals surface area contributed by atoms with E-state index < -0.39 is 0 Å². The summed E-state index contributed by atoms with van der Waals surface area (Å²) in [5.41, 5.74) is 4.32. The number of anilines is 1. The Bertz CT molecular complexity index is 421. The molecule has 1 aromatic carbocycles. The zero-order valence-corrected chi connectivity index (χ0v) is 12.3. The zero-order valence-electron chi connectivity index (χ0n) is 11.5. The summed E-state index contributed by atoms with van der Waals surface area (Å²) in [5.74, 6) is 0. The number of para-hydroxylation sites is 1. The SMILES string of the molecule is COCCN(Cc1cccc2c1NCC2)C1CC1.Cl. The maximum absolute atomic E-state index is 5.22. The number of hydrogen-bond acceptors (Lipinski definition) is 3. The molecule has 0 bridgehead atoms. The Morgan fingerprint density at radius 3 is 2.95 bits per heavy atom. The van der Waals surface area contributed by atoms with Crippen molar-refractivity contribution in [3.8, 4) is 0 Å². The van der Waals surface area contributed by atoms with Crippen LogP contribution >= 0.6 is 12.4 Å². The van der Waals surface area contributed by atoms with Crippen molar-refractivity contribution >= 4 is 18.1 Å². The van der Waals surface area contributed by atoms with Crippen LogP contribution in [0.4, 0.5) is 5.69 Å². The fourth-order valence-electron chi connectivity index (χ4n) is 2.80. The number of ether oxygens (including phenoxy) is 1. The second kappa shape index (κ2) is 6.60. The number of benzene rings is 1. The van der Waals surface area contributed by atoms with Gasteiger partial charge < -0.3 is 10.1 Å². The number of fused-ring (bicyclic) bond motifs is 1. The van der Waals surface area contributed by atoms with Crippen molar-refractivity contribution in [2.75, 3.05) is 32.1 Å². The molecule has 3 rings (SSSR count). The minimum absolute atomic E-state index is 0. The van der Waals surface area contributed by atoms with E-state index in [1.54, 1.807) is 7.11 Å². The van der Waals surface area contributed by atoms with Gasteiger partial charge in [0, 0.05) is 38.5 Å². The van der Waals surface area contributed by atoms with Crippen LogP contribution in [0.5, 0.6) is 0 Å². The van der Waals surface area contributed by atoms with Crippen LogP contribution in [0.2, 0.25) is 0 Å². The highest BCUT2D eigenvalue weighted by Gasteiger charge is 2.29. The predicted molar refractivity (Wildman–Crippen MR) is 81.2 cm³/mol. The number of nitrogens with one attached hydrogen (secondary N) is 1. The third kappa shape index (κ3) is 3.41. The summed E-state index contributed by atoms with van der Waals surface area (Å²) in [6.45, 7) is 4.03. The van der Waals surface area contributed by atoms with Crippen molar-refractivity contribution in [3.63, 3.8) is 0 Å². The lowest BCUT2D eigenvalue weighted by Crippen LogP contribution is -2.29. The molecule has 1 saturated carbocycles. The molecule has 1 N–H and O–H groups in total. The average Bonchev–Trinajstić information content (AvgIpc) is 3.12. The van der Waals surface area contributed by atoms with Gasteiger partial charge in [-0.05, 0) is 30.4 Å². The lowest BCUT2D eigenvalue weighted by Gasteiger charge is -2.23. The van der Waals surface area contributed by atoms with E-state index in [9.17, 15) is 0 Å². The smallest absolute Gasteiger partial charge is 0.0589 e. The van der Waals surface area contributed by atoms with Gasteiger partial charge in [-0.3, -0.25) is 4.90 Å². The van der Waals surface area contributed by atoms with Gasteiger partial charge in [0.1, 0.15) is 0 Å². The van der Waals surface area contributed by atoms with Crippen LogP contribution < -0.4 is 5.32 Å². The van der Waals surface area contributed by atoms with E-state index in [0.29, 0.717) is 0 Å². The van der Waals surface area contributed by atoms with Crippen LogP contribution in [0.3, 0.4) is 0 Å². The molecular formula is C15H23ClN2O. The molecule has 0 radical (unpaired) electrons. The minimum atomic E-state index is 0. The molecule has 106 valence electrons. The second-order valence-electron chi connectivity index (χ2n) is 5.32. The Morgan fingerprint density at radius 1 is 1.37 bits per heavy atom. The molecule has 3 nitrogen and oxygen atoms in total. The molecular weight excluding hydrogens is 260 g/mol. The van der Waals surface area contributed by atoms with Gasteiger partial charge in [0.25, 0.3) is 0 Å². The Kier molecular flexibility index (Phi) is 5.08. The number of nitrogens with zero attached hydrogens (tertiary/aromatic N) is 1. The Labute approximate surface area is 121 Å². The van der Waals surface area contributed by atoms with Crippen LogP contribution in [-0.2, 0) is 17.7 Å². The summed E-state index contributed by atoms with van der Waals surface area (Å²) in [4.78, 5) is 2.57. The van der Waals surface area contributed by atoms with Crippen LogP contribution in [0, 0.1) is 0 Å². The topological polar surface area (TPSA) is 24.5 Å². The highest BCUT2D eigenvalue weighted by molar-refractivity contribution is 5.85. The monoisotopic (exact) mass is 282 g/mol. The van der Waals surface area contributed by atoms with Crippen molar-refractivity contribution in [2.24, 2.45) is 0 Å². The molecule has 0 spiro atoms. The zero-order chi connectivity index (χ0) is 12.4. The average molecular weight is 283 g/mol. The van der Waals surface area contributed by atoms with Crippen molar-refractivity contribution in [1.82, 2.24) is 4.90 Å². The molecule has 1 aliphatic carbocycles. The summed E-state index contributed by atoms with van der Waals surface area (Å²) in [5, 5.41) is 3.53. The van der Waals surface area contributed by atoms with E-state index in [1.807, 2.05) is 0 Å². The van der Waals surface area contributed by atoms with Crippen LogP contribution in [0.25, 0.3) is 0 Å². The first kappa shape index (κ1) is 14.6. The number of rotatable bonds is 6. The third-order valence-corrected chi connectivity index (χ3v) is 3.95. The lowest BCUT2D eigenvalue weighted by molar-refractivity contribution is 0.140. The fraction of sp³-hybridized carbons (Fsp3) is 0.600. The molecule has 1 aliphatic heterocycles. The minimum Gasteiger partial charge on any atom is -0.384 e. The molecule has 0 atom stereocenters. The first-order valence-corrected chi connectivity index (χ1v) is 6.96. The van der Waals surface area contributed by atoms with E-state index in [1.165, 1.54) is 36.1 Å². The predicted octanol–water partition coefficient (Wildman–Crippen LogP) is 2.69. The molecule has 2 aliphatic rings. The molecule has 1 fully saturated rings. The van der Waals surface area contributed by atoms with Gasteiger partial charge in [-0.15, -0.1) is 12.4 Å². The summed E-state index contributed by atoms with van der Waals surface area (Å²) >= 11 is 0. The molecule has 1 aromatic rings. The second-order valence-corrected chi connectivity index (χ2v) is 5.32. The van der Waals surface area contributed by atoms with E-state index in [-0.39, 0.29) is 12.4 Å². The normalized spacial score (nSPS) is 16.9. The van der Waals surface area contributed by atoms with Crippen molar-refractivity contribution < 1.29 is 4.74 Å². The van der Waals surface area contributed by atoms with Gasteiger partial charge in [0.2, 0.25) is 0 Å². The highest BCUT2D eigenvalue weighted by atomic mass is 35.5. The van der Waals surface area contributed by atoms with Crippen LogP contribution in [0.1, 0.15) is 24.0 Å². The molecule has 1 heterocycles. The van der Waals surface area contributed by atoms with Crippen molar-refractivity contribution in [1.29, 1.82) is 0 Å². The molecule has 0 aromatic heterocycles. The van der Waals surface area contributed by atoms with E-state index in [2.05, 4.69) is 28.4 Å². The number of hydrogen-bond donors (Lipinski definition) is 1. The maximum Gasteiger partial charge on any atom is 0.0589 e. The molecule has 0 amide bonds. The molecule has 0 unspecified atom stereocenters. The maximum atomic E-state index is 5.22. The highest BCUT2D eigenvalue weighted by Crippen LogP contribution is 2.32. The molecule has 0 saturated heterocycles. The van der Waals surface area contributed by atoms with Gasteiger partial charge in [0.15, 0.2) is 0 Å². The van der Waals surface area contributed by atoms with Gasteiger partial charge in [-0.2, -0.15) is 0 Å². The summed E-state index contributed by atoms with van der Waals surface area (Å²) in [6.07, 6.45) is 3.88. The Hall–Kier alpha value is -0.770. The fourth-order valence-corrected chi connectivity index (χ4v) is 2.80. The Balaban J connectivity index is 0.00000133. The largest absolute Gasteiger partial charge is 0.384 e. The molecule has 4 heteroatoms. The van der Waals surface area contributed by atoms with E-state index in [4.69, 9.17) is 4.74 Å². The number of halogens is 1. The van der Waals surface area contributed by atoms with Gasteiger partial charge in [-0.1, -0.05) is 18.2 Å².